The van der Waals surface area contributed by atoms with E-state index < -0.39 is 0 Å². The molecule has 4 heteroatoms. The second-order valence-corrected chi connectivity index (χ2v) is 5.12. The summed E-state index contributed by atoms with van der Waals surface area (Å²) in [6.45, 7) is 12.0. The first kappa shape index (κ1) is 15.2. The predicted molar refractivity (Wildman–Crippen MR) is 74.6 cm³/mol. The van der Waals surface area contributed by atoms with Crippen LogP contribution in [0.4, 0.5) is 0 Å². The maximum Gasteiger partial charge on any atom is 0.0752 e. The number of aromatic nitrogens is 2. The molecule has 1 aromatic rings. The van der Waals surface area contributed by atoms with E-state index in [1.807, 2.05) is 18.5 Å². The van der Waals surface area contributed by atoms with E-state index in [1.165, 1.54) is 5.69 Å². The molecule has 18 heavy (non-hydrogen) atoms. The molecule has 0 radical (unpaired) electrons. The van der Waals surface area contributed by atoms with Gasteiger partial charge in [0.2, 0.25) is 0 Å². The van der Waals surface area contributed by atoms with Crippen molar-refractivity contribution in [2.24, 2.45) is 11.7 Å². The summed E-state index contributed by atoms with van der Waals surface area (Å²) in [6, 6.07) is 2.14. The van der Waals surface area contributed by atoms with Crippen molar-refractivity contribution < 1.29 is 4.74 Å². The van der Waals surface area contributed by atoms with Gasteiger partial charge >= 0.3 is 0 Å². The summed E-state index contributed by atoms with van der Waals surface area (Å²) in [5.41, 5.74) is 8.56. The molecule has 0 amide bonds. The fraction of sp³-hybridized carbons (Fsp3) is 0.786. The molecule has 0 aliphatic rings. The molecule has 2 atom stereocenters. The number of nitrogens with two attached hydrogens (primary N) is 1. The van der Waals surface area contributed by atoms with E-state index in [2.05, 4.69) is 31.9 Å². The molecule has 0 aromatic carbocycles. The molecule has 0 aliphatic carbocycles. The molecule has 1 aromatic heterocycles. The van der Waals surface area contributed by atoms with Gasteiger partial charge in [-0.3, -0.25) is 4.68 Å². The highest BCUT2D eigenvalue weighted by Gasteiger charge is 2.23. The van der Waals surface area contributed by atoms with E-state index in [0.29, 0.717) is 12.5 Å². The van der Waals surface area contributed by atoms with Crippen LogP contribution in [0.25, 0.3) is 0 Å². The maximum absolute atomic E-state index is 6.30. The van der Waals surface area contributed by atoms with Crippen LogP contribution < -0.4 is 5.73 Å². The van der Waals surface area contributed by atoms with Crippen LogP contribution in [0.1, 0.15) is 39.1 Å². The summed E-state index contributed by atoms with van der Waals surface area (Å²) in [4.78, 5) is 0. The first-order chi connectivity index (χ1) is 8.49. The molecule has 0 bridgehead atoms. The zero-order chi connectivity index (χ0) is 13.7. The van der Waals surface area contributed by atoms with Crippen molar-refractivity contribution in [1.29, 1.82) is 0 Å². The van der Waals surface area contributed by atoms with Crippen LogP contribution >= 0.6 is 0 Å². The smallest absolute Gasteiger partial charge is 0.0752 e. The Morgan fingerprint density at radius 2 is 2.06 bits per heavy atom. The van der Waals surface area contributed by atoms with Gasteiger partial charge in [-0.2, -0.15) is 5.10 Å². The molecule has 4 nitrogen and oxygen atoms in total. The number of nitrogens with zero attached hydrogens (tertiary/aromatic N) is 2. The maximum atomic E-state index is 6.30. The lowest BCUT2D eigenvalue weighted by atomic mass is 9.96. The van der Waals surface area contributed by atoms with Gasteiger partial charge in [0.1, 0.15) is 0 Å². The topological polar surface area (TPSA) is 53.1 Å². The molecular weight excluding hydrogens is 226 g/mol. The molecule has 104 valence electrons. The Kier molecular flexibility index (Phi) is 5.82. The Bertz CT molecular complexity index is 360. The van der Waals surface area contributed by atoms with Crippen molar-refractivity contribution >= 4 is 0 Å². The van der Waals surface area contributed by atoms with Gasteiger partial charge in [0.15, 0.2) is 0 Å². The first-order valence-electron chi connectivity index (χ1n) is 6.90. The summed E-state index contributed by atoms with van der Waals surface area (Å²) in [7, 11) is 0. The molecule has 2 unspecified atom stereocenters. The van der Waals surface area contributed by atoms with E-state index in [9.17, 15) is 0 Å². The third-order valence-corrected chi connectivity index (χ3v) is 3.17. The Morgan fingerprint density at radius 3 is 2.56 bits per heavy atom. The van der Waals surface area contributed by atoms with E-state index in [4.69, 9.17) is 10.5 Å². The van der Waals surface area contributed by atoms with Crippen LogP contribution in [0.3, 0.4) is 0 Å². The molecule has 2 N–H and O–H groups in total. The minimum atomic E-state index is 0.0198. The van der Waals surface area contributed by atoms with Gasteiger partial charge in [0, 0.05) is 31.3 Å². The Hall–Kier alpha value is -0.870. The molecule has 0 spiro atoms. The van der Waals surface area contributed by atoms with Gasteiger partial charge in [-0.15, -0.1) is 0 Å². The zero-order valence-electron chi connectivity index (χ0n) is 12.3. The molecule has 0 saturated heterocycles. The lowest BCUT2D eigenvalue weighted by molar-refractivity contribution is 0.0124. The molecule has 0 aliphatic heterocycles. The van der Waals surface area contributed by atoms with Gasteiger partial charge in [0.05, 0.1) is 11.8 Å². The van der Waals surface area contributed by atoms with E-state index in [0.717, 1.165) is 18.7 Å². The van der Waals surface area contributed by atoms with Crippen molar-refractivity contribution in [2.45, 2.75) is 59.7 Å². The fourth-order valence-electron chi connectivity index (χ4n) is 2.40. The summed E-state index contributed by atoms with van der Waals surface area (Å²) in [5.74, 6) is 0.430. The number of hydrogen-bond acceptors (Lipinski definition) is 3. The van der Waals surface area contributed by atoms with Crippen LogP contribution in [-0.4, -0.2) is 28.5 Å². The Morgan fingerprint density at radius 1 is 1.39 bits per heavy atom. The molecule has 1 heterocycles. The summed E-state index contributed by atoms with van der Waals surface area (Å²) < 4.78 is 7.79. The lowest BCUT2D eigenvalue weighted by Gasteiger charge is -2.27. The second-order valence-electron chi connectivity index (χ2n) is 5.12. The average Bonchev–Trinajstić information content (AvgIpc) is 2.65. The highest BCUT2D eigenvalue weighted by atomic mass is 16.5. The first-order valence-corrected chi connectivity index (χ1v) is 6.90. The largest absolute Gasteiger partial charge is 0.377 e. The lowest BCUT2D eigenvalue weighted by Crippen LogP contribution is -2.42. The second kappa shape index (κ2) is 6.90. The highest BCUT2D eigenvalue weighted by molar-refractivity contribution is 5.11. The predicted octanol–water partition coefficient (Wildman–Crippen LogP) is 2.14. The fourth-order valence-corrected chi connectivity index (χ4v) is 2.40. The molecular formula is C14H27N3O. The van der Waals surface area contributed by atoms with Crippen LogP contribution in [0.2, 0.25) is 0 Å². The van der Waals surface area contributed by atoms with Gasteiger partial charge < -0.3 is 10.5 Å². The van der Waals surface area contributed by atoms with E-state index >= 15 is 0 Å². The van der Waals surface area contributed by atoms with Crippen molar-refractivity contribution in [3.63, 3.8) is 0 Å². The number of ether oxygens (including phenoxy) is 1. The van der Waals surface area contributed by atoms with Gasteiger partial charge in [-0.1, -0.05) is 13.8 Å². The minimum absolute atomic E-state index is 0.0198. The third kappa shape index (κ3) is 3.82. The summed E-state index contributed by atoms with van der Waals surface area (Å²) in [6.07, 6.45) is 0.924. The Balaban J connectivity index is 2.75. The van der Waals surface area contributed by atoms with Crippen molar-refractivity contribution in [3.8, 4) is 0 Å². The monoisotopic (exact) mass is 253 g/mol. The minimum Gasteiger partial charge on any atom is -0.377 e. The van der Waals surface area contributed by atoms with E-state index in [-0.39, 0.29) is 12.1 Å². The van der Waals surface area contributed by atoms with Crippen LogP contribution in [-0.2, 0) is 17.7 Å². The number of hydrogen-bond donors (Lipinski definition) is 1. The van der Waals surface area contributed by atoms with Gasteiger partial charge in [-0.05, 0) is 32.8 Å². The summed E-state index contributed by atoms with van der Waals surface area (Å²) >= 11 is 0. The van der Waals surface area contributed by atoms with Crippen molar-refractivity contribution in [1.82, 2.24) is 9.78 Å². The highest BCUT2D eigenvalue weighted by Crippen LogP contribution is 2.15. The molecule has 0 saturated carbocycles. The van der Waals surface area contributed by atoms with Crippen LogP contribution in [0.15, 0.2) is 6.07 Å². The average molecular weight is 253 g/mol. The number of aryl methyl sites for hydroxylation is 2. The Labute approximate surface area is 111 Å². The molecule has 1 rings (SSSR count). The normalized spacial score (nSPS) is 15.1. The van der Waals surface area contributed by atoms with Crippen LogP contribution in [0.5, 0.6) is 0 Å². The van der Waals surface area contributed by atoms with Crippen LogP contribution in [0, 0.1) is 12.8 Å². The number of rotatable bonds is 7. The van der Waals surface area contributed by atoms with Crippen molar-refractivity contribution in [3.05, 3.63) is 17.5 Å². The van der Waals surface area contributed by atoms with E-state index in [1.54, 1.807) is 0 Å². The quantitative estimate of drug-likeness (QED) is 0.810. The SMILES string of the molecule is CCOC(C(C)C)C(N)Cc1cc(C)nn1CC. The molecule has 0 fully saturated rings. The van der Waals surface area contributed by atoms with Crippen molar-refractivity contribution in [2.75, 3.05) is 6.61 Å². The van der Waals surface area contributed by atoms with Gasteiger partial charge in [-0.25, -0.2) is 0 Å². The standard InChI is InChI=1S/C14H27N3O/c1-6-17-12(8-11(5)16-17)9-13(15)14(10(3)4)18-7-2/h8,10,13-14H,6-7,9,15H2,1-5H3. The summed E-state index contributed by atoms with van der Waals surface area (Å²) in [5, 5.41) is 4.45. The third-order valence-electron chi connectivity index (χ3n) is 3.17. The van der Waals surface area contributed by atoms with Gasteiger partial charge in [0.25, 0.3) is 0 Å². The zero-order valence-corrected chi connectivity index (χ0v) is 12.3.